The maximum atomic E-state index is 5.69. The van der Waals surface area contributed by atoms with E-state index >= 15 is 0 Å². The fraction of sp³-hybridized carbons (Fsp3) is 0. The Hall–Kier alpha value is -1.60. The summed E-state index contributed by atoms with van der Waals surface area (Å²) in [5.41, 5.74) is 7.78. The second kappa shape index (κ2) is 4.58. The third kappa shape index (κ3) is 2.19. The Balaban J connectivity index is 1.98. The molecule has 5 nitrogen and oxygen atoms in total. The molecule has 0 unspecified atom stereocenters. The minimum absolute atomic E-state index is 0.523. The summed E-state index contributed by atoms with van der Waals surface area (Å²) < 4.78 is 6.40. The topological polar surface area (TPSA) is 77.8 Å². The molecule has 0 aliphatic heterocycles. The fourth-order valence-corrected chi connectivity index (χ4v) is 2.58. The highest BCUT2D eigenvalue weighted by molar-refractivity contribution is 9.10. The van der Waals surface area contributed by atoms with Crippen LogP contribution in [-0.2, 0) is 0 Å². The molecule has 3 aromatic rings. The first-order chi connectivity index (χ1) is 8.72. The molecule has 2 N–H and O–H groups in total. The van der Waals surface area contributed by atoms with Crippen LogP contribution in [0.25, 0.3) is 11.1 Å². The number of fused-ring (bicyclic) bond motifs is 1. The van der Waals surface area contributed by atoms with E-state index in [1.807, 2.05) is 6.07 Å². The Kier molecular flexibility index (Phi) is 2.92. The highest BCUT2D eigenvalue weighted by Gasteiger charge is 2.10. The zero-order valence-corrected chi connectivity index (χ0v) is 11.4. The molecule has 0 fully saturated rings. The summed E-state index contributed by atoms with van der Waals surface area (Å²) in [5, 5.41) is 1.28. The van der Waals surface area contributed by atoms with Gasteiger partial charge in [0.1, 0.15) is 16.9 Å². The highest BCUT2D eigenvalue weighted by atomic mass is 79.9. The van der Waals surface area contributed by atoms with Gasteiger partial charge in [-0.1, -0.05) is 0 Å². The molecule has 0 atom stereocenters. The van der Waals surface area contributed by atoms with E-state index in [1.165, 1.54) is 18.1 Å². The van der Waals surface area contributed by atoms with Gasteiger partial charge in [0.25, 0.3) is 5.22 Å². The second-order valence-electron chi connectivity index (χ2n) is 3.48. The molecular weight excluding hydrogens is 316 g/mol. The largest absolute Gasteiger partial charge is 0.431 e. The molecule has 0 aliphatic carbocycles. The van der Waals surface area contributed by atoms with Crippen molar-refractivity contribution in [3.05, 3.63) is 35.2 Å². The summed E-state index contributed by atoms with van der Waals surface area (Å²) in [6.45, 7) is 0. The van der Waals surface area contributed by atoms with E-state index in [0.717, 1.165) is 15.0 Å². The van der Waals surface area contributed by atoms with Gasteiger partial charge in [0.05, 0.1) is 4.47 Å². The number of hydrogen-bond donors (Lipinski definition) is 1. The number of anilines is 1. The summed E-state index contributed by atoms with van der Waals surface area (Å²) >= 11 is 4.70. The smallest absolute Gasteiger partial charge is 0.263 e. The maximum Gasteiger partial charge on any atom is 0.263 e. The van der Waals surface area contributed by atoms with Crippen molar-refractivity contribution in [2.45, 2.75) is 10.2 Å². The van der Waals surface area contributed by atoms with E-state index in [9.17, 15) is 0 Å². The van der Waals surface area contributed by atoms with E-state index in [2.05, 4.69) is 30.9 Å². The summed E-state index contributed by atoms with van der Waals surface area (Å²) in [6.07, 6.45) is 3.16. The molecule has 0 spiro atoms. The lowest BCUT2D eigenvalue weighted by Crippen LogP contribution is -1.83. The molecule has 2 aromatic heterocycles. The molecule has 2 heterocycles. The van der Waals surface area contributed by atoms with Crippen LogP contribution in [0.4, 0.5) is 5.69 Å². The van der Waals surface area contributed by atoms with Crippen molar-refractivity contribution in [2.24, 2.45) is 0 Å². The standard InChI is InChI=1S/C11H7BrN4OS/c12-7-4-14-5-15-10(7)18-11-16-8-2-1-6(13)3-9(8)17-11/h1-5H,13H2. The number of aromatic nitrogens is 3. The molecule has 0 aliphatic rings. The molecule has 0 radical (unpaired) electrons. The number of rotatable bonds is 2. The van der Waals surface area contributed by atoms with Crippen LogP contribution in [-0.4, -0.2) is 15.0 Å². The third-order valence-corrected chi connectivity index (χ3v) is 3.92. The minimum Gasteiger partial charge on any atom is -0.431 e. The lowest BCUT2D eigenvalue weighted by molar-refractivity contribution is 0.489. The highest BCUT2D eigenvalue weighted by Crippen LogP contribution is 2.32. The second-order valence-corrected chi connectivity index (χ2v) is 5.28. The average Bonchev–Trinajstić information content (AvgIpc) is 2.73. The molecule has 1 aromatic carbocycles. The lowest BCUT2D eigenvalue weighted by Gasteiger charge is -1.96. The van der Waals surface area contributed by atoms with Crippen molar-refractivity contribution in [2.75, 3.05) is 5.73 Å². The van der Waals surface area contributed by atoms with Gasteiger partial charge < -0.3 is 10.2 Å². The van der Waals surface area contributed by atoms with E-state index in [1.54, 1.807) is 18.3 Å². The minimum atomic E-state index is 0.523. The Bertz CT molecular complexity index is 715. The summed E-state index contributed by atoms with van der Waals surface area (Å²) in [5.74, 6) is 0. The monoisotopic (exact) mass is 322 g/mol. The van der Waals surface area contributed by atoms with Crippen molar-refractivity contribution in [1.82, 2.24) is 15.0 Å². The van der Waals surface area contributed by atoms with Crippen LogP contribution < -0.4 is 5.73 Å². The van der Waals surface area contributed by atoms with Crippen LogP contribution in [0.15, 0.2) is 49.9 Å². The van der Waals surface area contributed by atoms with Crippen molar-refractivity contribution in [3.8, 4) is 0 Å². The molecule has 0 saturated heterocycles. The molecule has 0 saturated carbocycles. The Morgan fingerprint density at radius 3 is 3.06 bits per heavy atom. The van der Waals surface area contributed by atoms with Crippen molar-refractivity contribution < 1.29 is 4.42 Å². The maximum absolute atomic E-state index is 5.69. The number of halogens is 1. The average molecular weight is 323 g/mol. The van der Waals surface area contributed by atoms with Crippen LogP contribution in [0.3, 0.4) is 0 Å². The molecule has 7 heteroatoms. The number of nitrogen functional groups attached to an aromatic ring is 1. The zero-order chi connectivity index (χ0) is 12.5. The third-order valence-electron chi connectivity index (χ3n) is 2.21. The van der Waals surface area contributed by atoms with Gasteiger partial charge >= 0.3 is 0 Å². The summed E-state index contributed by atoms with van der Waals surface area (Å²) in [4.78, 5) is 12.4. The van der Waals surface area contributed by atoms with Gasteiger partial charge in [0.15, 0.2) is 5.58 Å². The Morgan fingerprint density at radius 2 is 2.22 bits per heavy atom. The first kappa shape index (κ1) is 11.5. The van der Waals surface area contributed by atoms with Gasteiger partial charge in [0, 0.05) is 18.0 Å². The quantitative estimate of drug-likeness (QED) is 0.577. The molecule has 0 amide bonds. The van der Waals surface area contributed by atoms with Crippen molar-refractivity contribution >= 4 is 44.5 Å². The van der Waals surface area contributed by atoms with E-state index in [4.69, 9.17) is 10.2 Å². The number of hydrogen-bond acceptors (Lipinski definition) is 6. The van der Waals surface area contributed by atoms with Crippen molar-refractivity contribution in [1.29, 1.82) is 0 Å². The molecular formula is C11H7BrN4OS. The van der Waals surface area contributed by atoms with Crippen LogP contribution in [0, 0.1) is 0 Å². The normalized spacial score (nSPS) is 10.9. The summed E-state index contributed by atoms with van der Waals surface area (Å²) in [6, 6.07) is 5.37. The SMILES string of the molecule is Nc1ccc2nc(Sc3ncncc3Br)oc2c1. The predicted octanol–water partition coefficient (Wildman–Crippen LogP) is 3.11. The van der Waals surface area contributed by atoms with Crippen molar-refractivity contribution in [3.63, 3.8) is 0 Å². The van der Waals surface area contributed by atoms with Crippen LogP contribution in [0.1, 0.15) is 0 Å². The number of nitrogens with two attached hydrogens (primary N) is 1. The fourth-order valence-electron chi connectivity index (χ4n) is 1.42. The first-order valence-corrected chi connectivity index (χ1v) is 6.63. The van der Waals surface area contributed by atoms with Gasteiger partial charge in [-0.25, -0.2) is 15.0 Å². The van der Waals surface area contributed by atoms with Gasteiger partial charge in [-0.2, -0.15) is 0 Å². The summed E-state index contributed by atoms with van der Waals surface area (Å²) in [7, 11) is 0. The lowest BCUT2D eigenvalue weighted by atomic mass is 10.3. The Morgan fingerprint density at radius 1 is 1.33 bits per heavy atom. The predicted molar refractivity (Wildman–Crippen MR) is 72.3 cm³/mol. The Labute approximate surface area is 115 Å². The van der Waals surface area contributed by atoms with E-state index in [0.29, 0.717) is 16.5 Å². The van der Waals surface area contributed by atoms with Crippen LogP contribution in [0.2, 0.25) is 0 Å². The van der Waals surface area contributed by atoms with Gasteiger partial charge in [-0.3, -0.25) is 0 Å². The number of oxazole rings is 1. The van der Waals surface area contributed by atoms with Crippen LogP contribution in [0.5, 0.6) is 0 Å². The number of nitrogens with zero attached hydrogens (tertiary/aromatic N) is 3. The van der Waals surface area contributed by atoms with Crippen LogP contribution >= 0.6 is 27.7 Å². The molecule has 90 valence electrons. The van der Waals surface area contributed by atoms with Gasteiger partial charge in [-0.05, 0) is 39.8 Å². The molecule has 3 rings (SSSR count). The van der Waals surface area contributed by atoms with E-state index in [-0.39, 0.29) is 0 Å². The van der Waals surface area contributed by atoms with E-state index < -0.39 is 0 Å². The van der Waals surface area contributed by atoms with Gasteiger partial charge in [-0.15, -0.1) is 0 Å². The zero-order valence-electron chi connectivity index (χ0n) is 9.00. The molecule has 18 heavy (non-hydrogen) atoms. The molecule has 0 bridgehead atoms. The van der Waals surface area contributed by atoms with Gasteiger partial charge in [0.2, 0.25) is 0 Å². The first-order valence-electron chi connectivity index (χ1n) is 5.02. The number of benzene rings is 1.